The van der Waals surface area contributed by atoms with Gasteiger partial charge in [-0.25, -0.2) is 0 Å². The second-order valence-corrected chi connectivity index (χ2v) is 7.25. The van der Waals surface area contributed by atoms with Crippen molar-refractivity contribution in [3.05, 3.63) is 23.8 Å². The lowest BCUT2D eigenvalue weighted by molar-refractivity contribution is -0.136. The molecule has 0 aromatic heterocycles. The van der Waals surface area contributed by atoms with E-state index in [1.165, 1.54) is 0 Å². The van der Waals surface area contributed by atoms with Gasteiger partial charge in [-0.3, -0.25) is 9.59 Å². The number of carbonyl (C=O) groups excluding carboxylic acids is 2. The second-order valence-electron chi connectivity index (χ2n) is 7.25. The number of likely N-dealkylation sites (tertiary alicyclic amines) is 2. The van der Waals surface area contributed by atoms with Crippen molar-refractivity contribution in [3.8, 4) is 11.5 Å². The van der Waals surface area contributed by atoms with Crippen LogP contribution in [0.1, 0.15) is 31.7 Å². The number of fused-ring (bicyclic) bond motifs is 1. The minimum atomic E-state index is -0.334. The highest BCUT2D eigenvalue weighted by atomic mass is 16.7. The molecule has 4 rings (SSSR count). The van der Waals surface area contributed by atoms with Crippen LogP contribution in [0.4, 0.5) is 0 Å². The Morgan fingerprint density at radius 3 is 2.84 bits per heavy atom. The van der Waals surface area contributed by atoms with E-state index in [4.69, 9.17) is 9.47 Å². The van der Waals surface area contributed by atoms with Gasteiger partial charge in [0.05, 0.1) is 11.8 Å². The normalized spacial score (nSPS) is 24.6. The van der Waals surface area contributed by atoms with Gasteiger partial charge in [-0.05, 0) is 37.0 Å². The molecular weight excluding hydrogens is 320 g/mol. The molecule has 2 saturated heterocycles. The van der Waals surface area contributed by atoms with Crippen LogP contribution < -0.4 is 9.47 Å². The van der Waals surface area contributed by atoms with Crippen molar-refractivity contribution in [3.63, 3.8) is 0 Å². The Labute approximate surface area is 147 Å². The molecule has 6 heteroatoms. The third-order valence-corrected chi connectivity index (χ3v) is 5.59. The maximum atomic E-state index is 12.7. The lowest BCUT2D eigenvalue weighted by atomic mass is 9.85. The third-order valence-electron chi connectivity index (χ3n) is 5.59. The molecule has 1 aromatic rings. The quantitative estimate of drug-likeness (QED) is 0.836. The van der Waals surface area contributed by atoms with E-state index >= 15 is 0 Å². The smallest absolute Gasteiger partial charge is 0.231 e. The summed E-state index contributed by atoms with van der Waals surface area (Å²) in [4.78, 5) is 29.3. The first-order valence-corrected chi connectivity index (χ1v) is 9.07. The molecule has 1 unspecified atom stereocenters. The van der Waals surface area contributed by atoms with Gasteiger partial charge in [-0.1, -0.05) is 13.0 Å². The summed E-state index contributed by atoms with van der Waals surface area (Å²) in [6.07, 6.45) is 2.98. The number of amides is 2. The monoisotopic (exact) mass is 344 g/mol. The number of benzene rings is 1. The molecule has 0 bridgehead atoms. The van der Waals surface area contributed by atoms with Crippen molar-refractivity contribution in [2.45, 2.75) is 32.6 Å². The average Bonchev–Trinajstić information content (AvgIpc) is 3.31. The van der Waals surface area contributed by atoms with E-state index in [1.54, 1.807) is 0 Å². The van der Waals surface area contributed by atoms with Crippen LogP contribution in [0.25, 0.3) is 0 Å². The summed E-state index contributed by atoms with van der Waals surface area (Å²) in [7, 11) is 0. The van der Waals surface area contributed by atoms with E-state index in [2.05, 4.69) is 6.92 Å². The first-order valence-electron chi connectivity index (χ1n) is 9.07. The largest absolute Gasteiger partial charge is 0.454 e. The van der Waals surface area contributed by atoms with Gasteiger partial charge in [-0.2, -0.15) is 0 Å². The average molecular weight is 344 g/mol. The van der Waals surface area contributed by atoms with Crippen LogP contribution in [0.2, 0.25) is 0 Å². The van der Waals surface area contributed by atoms with Gasteiger partial charge in [0.25, 0.3) is 0 Å². The van der Waals surface area contributed by atoms with Crippen molar-refractivity contribution in [1.82, 2.24) is 9.80 Å². The van der Waals surface area contributed by atoms with E-state index < -0.39 is 0 Å². The maximum absolute atomic E-state index is 12.7. The van der Waals surface area contributed by atoms with Crippen LogP contribution in [0.15, 0.2) is 18.2 Å². The number of nitrogens with zero attached hydrogens (tertiary/aromatic N) is 2. The summed E-state index contributed by atoms with van der Waals surface area (Å²) in [6, 6.07) is 5.62. The van der Waals surface area contributed by atoms with Gasteiger partial charge in [0, 0.05) is 26.2 Å². The number of carbonyl (C=O) groups is 2. The van der Waals surface area contributed by atoms with E-state index in [0.29, 0.717) is 25.3 Å². The van der Waals surface area contributed by atoms with Crippen LogP contribution in [0, 0.1) is 5.41 Å². The van der Waals surface area contributed by atoms with Crippen LogP contribution in [0.3, 0.4) is 0 Å². The number of rotatable bonds is 4. The SMILES string of the molecule is CCCN1CCC2(CCN(C(=O)Cc3ccc4c(c3)OCO4)C2)C1=O. The summed E-state index contributed by atoms with van der Waals surface area (Å²) >= 11 is 0. The zero-order chi connectivity index (χ0) is 17.4. The summed E-state index contributed by atoms with van der Waals surface area (Å²) < 4.78 is 10.7. The van der Waals surface area contributed by atoms with E-state index in [-0.39, 0.29) is 24.0 Å². The van der Waals surface area contributed by atoms with Gasteiger partial charge >= 0.3 is 0 Å². The molecule has 25 heavy (non-hydrogen) atoms. The van der Waals surface area contributed by atoms with Gasteiger partial charge in [0.1, 0.15) is 0 Å². The van der Waals surface area contributed by atoms with Gasteiger partial charge in [0.15, 0.2) is 11.5 Å². The highest BCUT2D eigenvalue weighted by Gasteiger charge is 2.51. The van der Waals surface area contributed by atoms with Crippen molar-refractivity contribution in [2.75, 3.05) is 33.0 Å². The Bertz CT molecular complexity index is 705. The summed E-state index contributed by atoms with van der Waals surface area (Å²) in [5.41, 5.74) is 0.584. The predicted octanol–water partition coefficient (Wildman–Crippen LogP) is 1.82. The molecule has 0 aliphatic carbocycles. The molecule has 0 N–H and O–H groups in total. The van der Waals surface area contributed by atoms with E-state index in [1.807, 2.05) is 28.0 Å². The molecule has 2 amide bonds. The van der Waals surface area contributed by atoms with Gasteiger partial charge in [-0.15, -0.1) is 0 Å². The molecule has 1 atom stereocenters. The molecule has 1 spiro atoms. The Balaban J connectivity index is 1.40. The van der Waals surface area contributed by atoms with Gasteiger partial charge < -0.3 is 19.3 Å². The van der Waals surface area contributed by atoms with Crippen molar-refractivity contribution in [2.24, 2.45) is 5.41 Å². The zero-order valence-corrected chi connectivity index (χ0v) is 14.6. The first-order chi connectivity index (χ1) is 12.1. The standard InChI is InChI=1S/C19H24N2O4/c1-2-7-20-8-5-19(18(20)23)6-9-21(12-19)17(22)11-14-3-4-15-16(10-14)25-13-24-15/h3-4,10H,2,5-9,11-13H2,1H3. The van der Waals surface area contributed by atoms with Crippen LogP contribution in [-0.4, -0.2) is 54.6 Å². The Morgan fingerprint density at radius 2 is 2.00 bits per heavy atom. The minimum absolute atomic E-state index is 0.0810. The second kappa shape index (κ2) is 6.24. The van der Waals surface area contributed by atoms with Gasteiger partial charge in [0.2, 0.25) is 18.6 Å². The lowest BCUT2D eigenvalue weighted by Gasteiger charge is -2.23. The minimum Gasteiger partial charge on any atom is -0.454 e. The number of hydrogen-bond donors (Lipinski definition) is 0. The van der Waals surface area contributed by atoms with E-state index in [0.717, 1.165) is 43.7 Å². The molecule has 3 aliphatic heterocycles. The fraction of sp³-hybridized carbons (Fsp3) is 0.579. The van der Waals surface area contributed by atoms with E-state index in [9.17, 15) is 9.59 Å². The zero-order valence-electron chi connectivity index (χ0n) is 14.6. The fourth-order valence-electron chi connectivity index (χ4n) is 4.18. The number of ether oxygens (including phenoxy) is 2. The Kier molecular flexibility index (Phi) is 4.06. The maximum Gasteiger partial charge on any atom is 0.231 e. The van der Waals surface area contributed by atoms with Crippen LogP contribution >= 0.6 is 0 Å². The molecule has 0 saturated carbocycles. The molecule has 1 aromatic carbocycles. The molecule has 6 nitrogen and oxygen atoms in total. The number of hydrogen-bond acceptors (Lipinski definition) is 4. The molecule has 134 valence electrons. The summed E-state index contributed by atoms with van der Waals surface area (Å²) in [5.74, 6) is 1.75. The van der Waals surface area contributed by atoms with Crippen molar-refractivity contribution < 1.29 is 19.1 Å². The molecular formula is C19H24N2O4. The summed E-state index contributed by atoms with van der Waals surface area (Å²) in [5, 5.41) is 0. The Morgan fingerprint density at radius 1 is 1.20 bits per heavy atom. The highest BCUT2D eigenvalue weighted by molar-refractivity contribution is 5.87. The van der Waals surface area contributed by atoms with Crippen molar-refractivity contribution >= 4 is 11.8 Å². The molecule has 2 fully saturated rings. The predicted molar refractivity (Wildman–Crippen MR) is 91.4 cm³/mol. The van der Waals surface area contributed by atoms with Crippen molar-refractivity contribution in [1.29, 1.82) is 0 Å². The lowest BCUT2D eigenvalue weighted by Crippen LogP contribution is -2.38. The first kappa shape index (κ1) is 16.2. The molecule has 3 heterocycles. The highest BCUT2D eigenvalue weighted by Crippen LogP contribution is 2.41. The topological polar surface area (TPSA) is 59.1 Å². The Hall–Kier alpha value is -2.24. The fourth-order valence-corrected chi connectivity index (χ4v) is 4.18. The summed E-state index contributed by atoms with van der Waals surface area (Å²) in [6.45, 7) is 5.22. The molecule has 3 aliphatic rings. The van der Waals surface area contributed by atoms with Crippen LogP contribution in [0.5, 0.6) is 11.5 Å². The van der Waals surface area contributed by atoms with Crippen LogP contribution in [-0.2, 0) is 16.0 Å². The molecule has 0 radical (unpaired) electrons. The third kappa shape index (κ3) is 2.83.